The van der Waals surface area contributed by atoms with E-state index in [9.17, 15) is 4.79 Å². The molecule has 0 unspecified atom stereocenters. The lowest BCUT2D eigenvalue weighted by Gasteiger charge is -2.09. The number of carbonyl (C=O) groups is 1. The van der Waals surface area contributed by atoms with E-state index < -0.39 is 0 Å². The lowest BCUT2D eigenvalue weighted by Crippen LogP contribution is -2.25. The molecule has 0 aliphatic carbocycles. The van der Waals surface area contributed by atoms with Crippen LogP contribution in [0.25, 0.3) is 0 Å². The van der Waals surface area contributed by atoms with E-state index in [0.29, 0.717) is 18.9 Å². The molecule has 4 nitrogen and oxygen atoms in total. The highest BCUT2D eigenvalue weighted by molar-refractivity contribution is 9.10. The van der Waals surface area contributed by atoms with E-state index >= 15 is 0 Å². The quantitative estimate of drug-likeness (QED) is 0.638. The fraction of sp³-hybridized carbons (Fsp3) is 0.278. The van der Waals surface area contributed by atoms with E-state index in [0.717, 1.165) is 27.3 Å². The van der Waals surface area contributed by atoms with Crippen LogP contribution in [0.15, 0.2) is 53.0 Å². The van der Waals surface area contributed by atoms with Crippen molar-refractivity contribution >= 4 is 33.6 Å². The molecule has 0 saturated carbocycles. The van der Waals surface area contributed by atoms with Crippen molar-refractivity contribution in [1.82, 2.24) is 5.32 Å². The second-order valence-electron chi connectivity index (χ2n) is 4.95. The molecule has 0 aliphatic rings. The van der Waals surface area contributed by atoms with Gasteiger partial charge in [-0.15, -0.1) is 11.8 Å². The Kier molecular flexibility index (Phi) is 7.98. The monoisotopic (exact) mass is 409 g/mol. The molecule has 0 spiro atoms. The zero-order chi connectivity index (χ0) is 17.2. The van der Waals surface area contributed by atoms with Crippen LogP contribution in [0, 0.1) is 0 Å². The minimum Gasteiger partial charge on any atom is -0.496 e. The number of benzene rings is 2. The maximum absolute atomic E-state index is 11.9. The third kappa shape index (κ3) is 6.45. The standard InChI is InChI=1S/C18H20BrNO3S/c1-22-17-8-3-2-5-14(17)12-20-18(21)13-24-10-9-23-16-7-4-6-15(19)11-16/h2-8,11H,9-10,12-13H2,1H3,(H,20,21). The SMILES string of the molecule is COc1ccccc1CNC(=O)CSCCOc1cccc(Br)c1. The van der Waals surface area contributed by atoms with Crippen LogP contribution in [0.3, 0.4) is 0 Å². The Bertz CT molecular complexity index is 666. The van der Waals surface area contributed by atoms with Crippen LogP contribution >= 0.6 is 27.7 Å². The van der Waals surface area contributed by atoms with Gasteiger partial charge in [0.1, 0.15) is 11.5 Å². The summed E-state index contributed by atoms with van der Waals surface area (Å²) < 4.78 is 11.9. The summed E-state index contributed by atoms with van der Waals surface area (Å²) in [7, 11) is 1.63. The Balaban J connectivity index is 1.61. The number of carbonyl (C=O) groups excluding carboxylic acids is 1. The average Bonchev–Trinajstić information content (AvgIpc) is 2.60. The van der Waals surface area contributed by atoms with Gasteiger partial charge < -0.3 is 14.8 Å². The first-order chi connectivity index (χ1) is 11.7. The van der Waals surface area contributed by atoms with Crippen LogP contribution in [0.2, 0.25) is 0 Å². The van der Waals surface area contributed by atoms with E-state index in [2.05, 4.69) is 21.2 Å². The van der Waals surface area contributed by atoms with Gasteiger partial charge in [0.05, 0.1) is 19.5 Å². The van der Waals surface area contributed by atoms with Crippen molar-refractivity contribution in [3.8, 4) is 11.5 Å². The summed E-state index contributed by atoms with van der Waals surface area (Å²) in [6.07, 6.45) is 0. The minimum atomic E-state index is 0.00774. The summed E-state index contributed by atoms with van der Waals surface area (Å²) in [5.41, 5.74) is 0.969. The Morgan fingerprint density at radius 1 is 1.21 bits per heavy atom. The van der Waals surface area contributed by atoms with Crippen molar-refractivity contribution in [3.05, 3.63) is 58.6 Å². The molecular formula is C18H20BrNO3S. The highest BCUT2D eigenvalue weighted by Gasteiger charge is 2.05. The number of methoxy groups -OCH3 is 1. The van der Waals surface area contributed by atoms with Gasteiger partial charge in [0.25, 0.3) is 0 Å². The normalized spacial score (nSPS) is 10.2. The van der Waals surface area contributed by atoms with Crippen molar-refractivity contribution in [3.63, 3.8) is 0 Å². The molecule has 0 heterocycles. The second-order valence-corrected chi connectivity index (χ2v) is 6.97. The van der Waals surface area contributed by atoms with Gasteiger partial charge in [0.2, 0.25) is 5.91 Å². The fourth-order valence-corrected chi connectivity index (χ4v) is 3.05. The summed E-state index contributed by atoms with van der Waals surface area (Å²) in [5, 5.41) is 2.90. The zero-order valence-corrected chi connectivity index (χ0v) is 15.9. The third-order valence-corrected chi connectivity index (χ3v) is 4.61. The first-order valence-electron chi connectivity index (χ1n) is 7.54. The van der Waals surface area contributed by atoms with Gasteiger partial charge >= 0.3 is 0 Å². The molecule has 0 saturated heterocycles. The Hall–Kier alpha value is -1.66. The molecule has 0 radical (unpaired) electrons. The van der Waals surface area contributed by atoms with E-state index in [1.54, 1.807) is 18.9 Å². The first kappa shape index (κ1) is 18.7. The molecule has 0 fully saturated rings. The summed E-state index contributed by atoms with van der Waals surface area (Å²) in [5.74, 6) is 2.79. The largest absolute Gasteiger partial charge is 0.496 e. The summed E-state index contributed by atoms with van der Waals surface area (Å²) in [6.45, 7) is 1.04. The van der Waals surface area contributed by atoms with Gasteiger partial charge in [-0.25, -0.2) is 0 Å². The third-order valence-electron chi connectivity index (χ3n) is 3.19. The average molecular weight is 410 g/mol. The van der Waals surface area contributed by atoms with Crippen LogP contribution in [-0.4, -0.2) is 31.1 Å². The summed E-state index contributed by atoms with van der Waals surface area (Å²) in [4.78, 5) is 11.9. The molecule has 0 bridgehead atoms. The Morgan fingerprint density at radius 3 is 2.83 bits per heavy atom. The molecule has 2 aromatic rings. The number of para-hydroxylation sites is 1. The second kappa shape index (κ2) is 10.3. The van der Waals surface area contributed by atoms with Gasteiger partial charge in [-0.1, -0.05) is 40.2 Å². The predicted molar refractivity (Wildman–Crippen MR) is 102 cm³/mol. The predicted octanol–water partition coefficient (Wildman–Crippen LogP) is 3.89. The molecule has 1 N–H and O–H groups in total. The Labute approximate surface area is 155 Å². The van der Waals surface area contributed by atoms with E-state index in [-0.39, 0.29) is 5.91 Å². The number of ether oxygens (including phenoxy) is 2. The van der Waals surface area contributed by atoms with Crippen molar-refractivity contribution in [2.45, 2.75) is 6.54 Å². The minimum absolute atomic E-state index is 0.00774. The summed E-state index contributed by atoms with van der Waals surface area (Å²) >= 11 is 4.95. The summed E-state index contributed by atoms with van der Waals surface area (Å²) in [6, 6.07) is 15.4. The van der Waals surface area contributed by atoms with Crippen molar-refractivity contribution in [2.24, 2.45) is 0 Å². The topological polar surface area (TPSA) is 47.6 Å². The van der Waals surface area contributed by atoms with E-state index in [1.165, 1.54) is 0 Å². The van der Waals surface area contributed by atoms with Gasteiger partial charge in [-0.05, 0) is 24.3 Å². The van der Waals surface area contributed by atoms with Gasteiger partial charge in [-0.2, -0.15) is 0 Å². The molecule has 1 amide bonds. The molecule has 2 rings (SSSR count). The molecule has 2 aromatic carbocycles. The number of thioether (sulfide) groups is 1. The molecule has 128 valence electrons. The molecule has 24 heavy (non-hydrogen) atoms. The van der Waals surface area contributed by atoms with E-state index in [4.69, 9.17) is 9.47 Å². The number of hydrogen-bond donors (Lipinski definition) is 1. The lowest BCUT2D eigenvalue weighted by atomic mass is 10.2. The first-order valence-corrected chi connectivity index (χ1v) is 9.48. The molecule has 0 aliphatic heterocycles. The number of hydrogen-bond acceptors (Lipinski definition) is 4. The highest BCUT2D eigenvalue weighted by Crippen LogP contribution is 2.18. The highest BCUT2D eigenvalue weighted by atomic mass is 79.9. The van der Waals surface area contributed by atoms with Gasteiger partial charge in [0, 0.05) is 22.3 Å². The van der Waals surface area contributed by atoms with Gasteiger partial charge in [0.15, 0.2) is 0 Å². The molecular weight excluding hydrogens is 390 g/mol. The molecule has 6 heteroatoms. The number of nitrogens with one attached hydrogen (secondary N) is 1. The number of rotatable bonds is 9. The maximum Gasteiger partial charge on any atom is 0.230 e. The van der Waals surface area contributed by atoms with Crippen molar-refractivity contribution in [1.29, 1.82) is 0 Å². The van der Waals surface area contributed by atoms with Crippen LogP contribution in [0.5, 0.6) is 11.5 Å². The number of halogens is 1. The van der Waals surface area contributed by atoms with Crippen molar-refractivity contribution in [2.75, 3.05) is 25.2 Å². The Morgan fingerprint density at radius 2 is 2.04 bits per heavy atom. The van der Waals surface area contributed by atoms with Crippen LogP contribution in [-0.2, 0) is 11.3 Å². The van der Waals surface area contributed by atoms with E-state index in [1.807, 2.05) is 48.5 Å². The number of amides is 1. The fourth-order valence-electron chi connectivity index (χ4n) is 2.03. The lowest BCUT2D eigenvalue weighted by molar-refractivity contribution is -0.118. The van der Waals surface area contributed by atoms with Crippen LogP contribution in [0.4, 0.5) is 0 Å². The smallest absolute Gasteiger partial charge is 0.230 e. The van der Waals surface area contributed by atoms with Crippen molar-refractivity contribution < 1.29 is 14.3 Å². The molecule has 0 aromatic heterocycles. The zero-order valence-electron chi connectivity index (χ0n) is 13.5. The van der Waals surface area contributed by atoms with Crippen LogP contribution in [0.1, 0.15) is 5.56 Å². The maximum atomic E-state index is 11.9. The van der Waals surface area contributed by atoms with Crippen LogP contribution < -0.4 is 14.8 Å². The molecule has 0 atom stereocenters. The van der Waals surface area contributed by atoms with Gasteiger partial charge in [-0.3, -0.25) is 4.79 Å².